The lowest BCUT2D eigenvalue weighted by atomic mass is 10.1. The van der Waals surface area contributed by atoms with Crippen molar-refractivity contribution in [1.82, 2.24) is 4.90 Å². The molecule has 164 valence electrons. The molecule has 0 bridgehead atoms. The molecule has 0 atom stereocenters. The van der Waals surface area contributed by atoms with Gasteiger partial charge in [-0.1, -0.05) is 24.3 Å². The SMILES string of the molecule is NC(=O)N(CCc1cccc(OC(F)(F)F)c1)CCc1cccc(OC(F)(F)F)c1. The van der Waals surface area contributed by atoms with Crippen LogP contribution in [0.5, 0.6) is 11.5 Å². The molecular formula is C19H18F6N2O3. The maximum Gasteiger partial charge on any atom is 0.573 e. The minimum absolute atomic E-state index is 0.101. The molecular weight excluding hydrogens is 418 g/mol. The number of nitrogens with zero attached hydrogens (tertiary/aromatic N) is 1. The van der Waals surface area contributed by atoms with Crippen LogP contribution in [0.15, 0.2) is 48.5 Å². The van der Waals surface area contributed by atoms with Crippen molar-refractivity contribution in [2.75, 3.05) is 13.1 Å². The van der Waals surface area contributed by atoms with E-state index < -0.39 is 18.8 Å². The number of hydrogen-bond acceptors (Lipinski definition) is 3. The molecule has 0 aliphatic carbocycles. The first-order chi connectivity index (χ1) is 13.9. The fourth-order valence-electron chi connectivity index (χ4n) is 2.66. The maximum atomic E-state index is 12.3. The van der Waals surface area contributed by atoms with Crippen LogP contribution in [0.3, 0.4) is 0 Å². The summed E-state index contributed by atoms with van der Waals surface area (Å²) < 4.78 is 81.6. The van der Waals surface area contributed by atoms with E-state index in [0.717, 1.165) is 12.1 Å². The molecule has 2 aromatic carbocycles. The Bertz CT molecular complexity index is 791. The molecule has 0 unspecified atom stereocenters. The van der Waals surface area contributed by atoms with Crippen molar-refractivity contribution in [2.24, 2.45) is 5.73 Å². The van der Waals surface area contributed by atoms with Gasteiger partial charge in [0.1, 0.15) is 11.5 Å². The molecule has 0 aliphatic rings. The smallest absolute Gasteiger partial charge is 0.406 e. The van der Waals surface area contributed by atoms with Crippen LogP contribution in [0.2, 0.25) is 0 Å². The molecule has 11 heteroatoms. The van der Waals surface area contributed by atoms with Gasteiger partial charge in [0.05, 0.1) is 0 Å². The summed E-state index contributed by atoms with van der Waals surface area (Å²) in [5.74, 6) is -0.765. The molecule has 2 N–H and O–H groups in total. The molecule has 30 heavy (non-hydrogen) atoms. The number of halogens is 6. The van der Waals surface area contributed by atoms with Crippen molar-refractivity contribution in [3.05, 3.63) is 59.7 Å². The van der Waals surface area contributed by atoms with E-state index in [1.165, 1.54) is 29.2 Å². The molecule has 2 amide bonds. The van der Waals surface area contributed by atoms with Gasteiger partial charge in [-0.15, -0.1) is 26.3 Å². The Hall–Kier alpha value is -3.11. The summed E-state index contributed by atoms with van der Waals surface area (Å²) in [6, 6.07) is 9.85. The van der Waals surface area contributed by atoms with E-state index in [9.17, 15) is 31.1 Å². The number of carbonyl (C=O) groups is 1. The van der Waals surface area contributed by atoms with Crippen LogP contribution >= 0.6 is 0 Å². The van der Waals surface area contributed by atoms with Crippen molar-refractivity contribution in [2.45, 2.75) is 25.6 Å². The van der Waals surface area contributed by atoms with Crippen LogP contribution < -0.4 is 15.2 Å². The molecule has 0 radical (unpaired) electrons. The molecule has 0 heterocycles. The second-order valence-electron chi connectivity index (χ2n) is 6.22. The van der Waals surface area contributed by atoms with Gasteiger partial charge in [-0.25, -0.2) is 4.79 Å². The van der Waals surface area contributed by atoms with Crippen molar-refractivity contribution in [3.8, 4) is 11.5 Å². The molecule has 0 aliphatic heterocycles. The van der Waals surface area contributed by atoms with Crippen LogP contribution in [0.4, 0.5) is 31.1 Å². The fourth-order valence-corrected chi connectivity index (χ4v) is 2.66. The summed E-state index contributed by atoms with van der Waals surface area (Å²) in [6.45, 7) is 0.201. The third-order valence-electron chi connectivity index (χ3n) is 3.92. The number of carbonyl (C=O) groups excluding carboxylic acids is 1. The third kappa shape index (κ3) is 8.50. The summed E-state index contributed by atoms with van der Waals surface area (Å²) in [4.78, 5) is 12.9. The van der Waals surface area contributed by atoms with E-state index in [1.807, 2.05) is 0 Å². The molecule has 0 spiro atoms. The zero-order valence-electron chi connectivity index (χ0n) is 15.5. The topological polar surface area (TPSA) is 64.8 Å². The fraction of sp³-hybridized carbons (Fsp3) is 0.316. The van der Waals surface area contributed by atoms with Gasteiger partial charge in [0.25, 0.3) is 0 Å². The number of benzene rings is 2. The monoisotopic (exact) mass is 436 g/mol. The van der Waals surface area contributed by atoms with Gasteiger partial charge in [-0.2, -0.15) is 0 Å². The largest absolute Gasteiger partial charge is 0.573 e. The number of amides is 2. The Kier molecular flexibility index (Phi) is 7.41. The maximum absolute atomic E-state index is 12.3. The minimum atomic E-state index is -4.82. The van der Waals surface area contributed by atoms with Crippen LogP contribution in [0, 0.1) is 0 Å². The van der Waals surface area contributed by atoms with Crippen LogP contribution in [0.1, 0.15) is 11.1 Å². The highest BCUT2D eigenvalue weighted by molar-refractivity contribution is 5.72. The van der Waals surface area contributed by atoms with Crippen LogP contribution in [0.25, 0.3) is 0 Å². The van der Waals surface area contributed by atoms with E-state index >= 15 is 0 Å². The Morgan fingerprint density at radius 1 is 0.800 bits per heavy atom. The molecule has 2 aromatic rings. The molecule has 2 rings (SSSR count). The molecule has 5 nitrogen and oxygen atoms in total. The normalized spacial score (nSPS) is 11.8. The van der Waals surface area contributed by atoms with Gasteiger partial charge < -0.3 is 20.1 Å². The highest BCUT2D eigenvalue weighted by atomic mass is 19.4. The molecule has 0 aromatic heterocycles. The third-order valence-corrected chi connectivity index (χ3v) is 3.92. The highest BCUT2D eigenvalue weighted by Gasteiger charge is 2.31. The van der Waals surface area contributed by atoms with E-state index in [-0.39, 0.29) is 37.4 Å². The van der Waals surface area contributed by atoms with Crippen molar-refractivity contribution >= 4 is 6.03 Å². The first kappa shape index (κ1) is 23.2. The first-order valence-corrected chi connectivity index (χ1v) is 8.65. The van der Waals surface area contributed by atoms with Gasteiger partial charge in [-0.05, 0) is 48.2 Å². The van der Waals surface area contributed by atoms with Gasteiger partial charge >= 0.3 is 18.8 Å². The molecule has 0 saturated heterocycles. The predicted molar refractivity (Wildman–Crippen MR) is 94.8 cm³/mol. The van der Waals surface area contributed by atoms with Gasteiger partial charge in [0, 0.05) is 13.1 Å². The Labute approximate surface area is 168 Å². The minimum Gasteiger partial charge on any atom is -0.406 e. The summed E-state index contributed by atoms with van der Waals surface area (Å²) >= 11 is 0. The van der Waals surface area contributed by atoms with Crippen LogP contribution in [-0.2, 0) is 12.8 Å². The molecule has 0 fully saturated rings. The number of primary amides is 1. The number of ether oxygens (including phenoxy) is 2. The zero-order valence-corrected chi connectivity index (χ0v) is 15.5. The van der Waals surface area contributed by atoms with Crippen LogP contribution in [-0.4, -0.2) is 36.7 Å². The van der Waals surface area contributed by atoms with E-state index in [1.54, 1.807) is 12.1 Å². The number of rotatable bonds is 8. The number of urea groups is 1. The summed E-state index contributed by atoms with van der Waals surface area (Å²) in [5, 5.41) is 0. The molecule has 0 saturated carbocycles. The standard InChI is InChI=1S/C19H18F6N2O3/c20-18(21,22)29-15-5-1-3-13(11-15)7-9-27(17(26)28)10-8-14-4-2-6-16(12-14)30-19(23,24)25/h1-6,11-12H,7-10H2,(H2,26,28). The van der Waals surface area contributed by atoms with Crippen molar-refractivity contribution in [1.29, 1.82) is 0 Å². The summed E-state index contributed by atoms with van der Waals surface area (Å²) in [6.07, 6.45) is -9.23. The average molecular weight is 436 g/mol. The van der Waals surface area contributed by atoms with Crippen molar-refractivity contribution < 1.29 is 40.6 Å². The van der Waals surface area contributed by atoms with Gasteiger partial charge in [0.2, 0.25) is 0 Å². The second kappa shape index (κ2) is 9.59. The lowest BCUT2D eigenvalue weighted by molar-refractivity contribution is -0.275. The Morgan fingerprint density at radius 2 is 1.20 bits per heavy atom. The highest BCUT2D eigenvalue weighted by Crippen LogP contribution is 2.24. The first-order valence-electron chi connectivity index (χ1n) is 8.65. The lowest BCUT2D eigenvalue weighted by Crippen LogP contribution is -2.38. The van der Waals surface area contributed by atoms with Gasteiger partial charge in [0.15, 0.2) is 0 Å². The average Bonchev–Trinajstić information content (AvgIpc) is 2.59. The van der Waals surface area contributed by atoms with E-state index in [4.69, 9.17) is 5.73 Å². The Balaban J connectivity index is 1.95. The van der Waals surface area contributed by atoms with Crippen molar-refractivity contribution in [3.63, 3.8) is 0 Å². The lowest BCUT2D eigenvalue weighted by Gasteiger charge is -2.21. The predicted octanol–water partition coefficient (Wildman–Crippen LogP) is 4.65. The quantitative estimate of drug-likeness (QED) is 0.613. The second-order valence-corrected chi connectivity index (χ2v) is 6.22. The number of alkyl halides is 6. The zero-order chi connectivity index (χ0) is 22.4. The van der Waals surface area contributed by atoms with E-state index in [0.29, 0.717) is 11.1 Å². The number of hydrogen-bond donors (Lipinski definition) is 1. The summed E-state index contributed by atoms with van der Waals surface area (Å²) in [5.41, 5.74) is 6.31. The Morgan fingerprint density at radius 3 is 1.53 bits per heavy atom. The summed E-state index contributed by atoms with van der Waals surface area (Å²) in [7, 11) is 0. The van der Waals surface area contributed by atoms with E-state index in [2.05, 4.69) is 9.47 Å². The number of nitrogens with two attached hydrogens (primary N) is 1. The van der Waals surface area contributed by atoms with Gasteiger partial charge in [-0.3, -0.25) is 0 Å².